The van der Waals surface area contributed by atoms with Crippen LogP contribution in [0.15, 0.2) is 42.5 Å². The third-order valence-electron chi connectivity index (χ3n) is 6.27. The van der Waals surface area contributed by atoms with Crippen molar-refractivity contribution in [3.8, 4) is 5.75 Å². The van der Waals surface area contributed by atoms with Crippen LogP contribution in [0, 0.1) is 6.92 Å². The smallest absolute Gasteiger partial charge is 0.426 e. The van der Waals surface area contributed by atoms with Gasteiger partial charge in [0.2, 0.25) is 5.67 Å². The summed E-state index contributed by atoms with van der Waals surface area (Å²) >= 11 is 0. The summed E-state index contributed by atoms with van der Waals surface area (Å²) in [4.78, 5) is 0. The fraction of sp³-hybridized carbons (Fsp3) is 0.455. The maximum atomic E-state index is 14.5. The lowest BCUT2D eigenvalue weighted by Crippen LogP contribution is -2.49. The highest BCUT2D eigenvalue weighted by atomic mass is 35.5. The number of ether oxygens (including phenoxy) is 1. The maximum absolute atomic E-state index is 14.5. The minimum atomic E-state index is -4.98. The Morgan fingerprint density at radius 3 is 2.45 bits per heavy atom. The number of aryl methyl sites for hydroxylation is 1. The van der Waals surface area contributed by atoms with Gasteiger partial charge in [-0.3, -0.25) is 0 Å². The topological polar surface area (TPSA) is 21.3 Å². The Morgan fingerprint density at radius 2 is 1.79 bits per heavy atom. The van der Waals surface area contributed by atoms with Crippen molar-refractivity contribution in [3.63, 3.8) is 0 Å². The molecule has 0 aliphatic carbocycles. The molecule has 0 aromatic heterocycles. The third kappa shape index (κ3) is 3.61. The lowest BCUT2D eigenvalue weighted by Gasteiger charge is -2.41. The molecule has 1 fully saturated rings. The largest absolute Gasteiger partial charge is 0.492 e. The molecule has 3 atom stereocenters. The van der Waals surface area contributed by atoms with E-state index >= 15 is 0 Å². The van der Waals surface area contributed by atoms with Crippen molar-refractivity contribution in [1.29, 1.82) is 0 Å². The van der Waals surface area contributed by atoms with Gasteiger partial charge >= 0.3 is 6.18 Å². The van der Waals surface area contributed by atoms with Crippen LogP contribution in [-0.4, -0.2) is 25.4 Å². The standard InChI is InChI=1S/C22H23F4NO.ClH/c1-14-3-5-15(6-4-14)12-21-9-10-27-19(21)13-28-18-11-16(7-8-17(18)21)20(2,23)22(24,25)26;/h3-8,11,19,27H,9-10,12-13H2,1-2H3;1H. The number of fused-ring (bicyclic) bond motifs is 3. The maximum Gasteiger partial charge on any atom is 0.426 e. The van der Waals surface area contributed by atoms with E-state index in [0.29, 0.717) is 19.3 Å². The molecule has 0 radical (unpaired) electrons. The van der Waals surface area contributed by atoms with Gasteiger partial charge in [-0.05, 0) is 44.9 Å². The summed E-state index contributed by atoms with van der Waals surface area (Å²) < 4.78 is 59.6. The average molecular weight is 430 g/mol. The van der Waals surface area contributed by atoms with Gasteiger partial charge in [-0.15, -0.1) is 12.4 Å². The van der Waals surface area contributed by atoms with Gasteiger partial charge in [-0.1, -0.05) is 42.0 Å². The van der Waals surface area contributed by atoms with Crippen LogP contribution in [0.4, 0.5) is 17.6 Å². The number of rotatable bonds is 3. The van der Waals surface area contributed by atoms with Crippen LogP contribution in [0.3, 0.4) is 0 Å². The molecule has 4 rings (SSSR count). The summed E-state index contributed by atoms with van der Waals surface area (Å²) in [7, 11) is 0. The Balaban J connectivity index is 0.00000240. The SMILES string of the molecule is Cc1ccc(CC23CCNC2COc2cc(C(C)(F)C(F)(F)F)ccc23)cc1.Cl. The number of benzene rings is 2. The van der Waals surface area contributed by atoms with Gasteiger partial charge in [0.05, 0.1) is 6.04 Å². The zero-order chi connectivity index (χ0) is 20.2. The molecule has 2 aliphatic heterocycles. The van der Waals surface area contributed by atoms with Crippen molar-refractivity contribution in [2.45, 2.75) is 50.0 Å². The first-order valence-corrected chi connectivity index (χ1v) is 9.46. The van der Waals surface area contributed by atoms with Crippen LogP contribution >= 0.6 is 12.4 Å². The van der Waals surface area contributed by atoms with Gasteiger partial charge in [0.1, 0.15) is 12.4 Å². The third-order valence-corrected chi connectivity index (χ3v) is 6.27. The number of hydrogen-bond acceptors (Lipinski definition) is 2. The van der Waals surface area contributed by atoms with Crippen LogP contribution < -0.4 is 10.1 Å². The van der Waals surface area contributed by atoms with Crippen LogP contribution in [0.25, 0.3) is 0 Å². The fourth-order valence-corrected chi connectivity index (χ4v) is 4.44. The van der Waals surface area contributed by atoms with Gasteiger partial charge in [-0.2, -0.15) is 13.2 Å². The Kier molecular flexibility index (Phi) is 5.65. The molecule has 1 N–H and O–H groups in total. The Morgan fingerprint density at radius 1 is 1.10 bits per heavy atom. The molecule has 0 saturated carbocycles. The number of halogens is 5. The molecule has 3 unspecified atom stereocenters. The lowest BCUT2D eigenvalue weighted by atomic mass is 9.68. The first-order valence-electron chi connectivity index (χ1n) is 9.46. The van der Waals surface area contributed by atoms with Crippen LogP contribution in [0.1, 0.15) is 35.6 Å². The molecule has 0 spiro atoms. The predicted octanol–water partition coefficient (Wildman–Crippen LogP) is 5.40. The summed E-state index contributed by atoms with van der Waals surface area (Å²) in [6.45, 7) is 3.75. The molecule has 2 aliphatic rings. The molecular formula is C22H24ClF4NO. The van der Waals surface area contributed by atoms with Crippen molar-refractivity contribution in [3.05, 3.63) is 64.7 Å². The molecule has 2 nitrogen and oxygen atoms in total. The van der Waals surface area contributed by atoms with E-state index < -0.39 is 17.4 Å². The van der Waals surface area contributed by atoms with Crippen molar-refractivity contribution in [2.24, 2.45) is 0 Å². The Bertz CT molecular complexity index is 881. The molecule has 1 saturated heterocycles. The number of alkyl halides is 4. The molecule has 158 valence electrons. The lowest BCUT2D eigenvalue weighted by molar-refractivity contribution is -0.228. The summed E-state index contributed by atoms with van der Waals surface area (Å²) in [5, 5.41) is 3.46. The van der Waals surface area contributed by atoms with Gasteiger partial charge in [-0.25, -0.2) is 4.39 Å². The number of nitrogens with one attached hydrogen (secondary N) is 1. The Labute approximate surface area is 174 Å². The molecule has 2 aromatic carbocycles. The molecule has 0 bridgehead atoms. The van der Waals surface area contributed by atoms with E-state index in [1.807, 2.05) is 6.92 Å². The second-order valence-corrected chi connectivity index (χ2v) is 8.10. The van der Waals surface area contributed by atoms with Gasteiger partial charge in [0, 0.05) is 16.5 Å². The highest BCUT2D eigenvalue weighted by Crippen LogP contribution is 2.49. The monoisotopic (exact) mass is 429 g/mol. The summed E-state index contributed by atoms with van der Waals surface area (Å²) in [6, 6.07) is 12.5. The molecule has 7 heteroatoms. The first kappa shape index (κ1) is 21.9. The zero-order valence-corrected chi connectivity index (χ0v) is 17.1. The molecule has 0 amide bonds. The van der Waals surface area contributed by atoms with Crippen molar-refractivity contribution < 1.29 is 22.3 Å². The van der Waals surface area contributed by atoms with E-state index in [1.54, 1.807) is 6.07 Å². The average Bonchev–Trinajstić information content (AvgIpc) is 3.06. The second kappa shape index (κ2) is 7.47. The van der Waals surface area contributed by atoms with Crippen molar-refractivity contribution >= 4 is 12.4 Å². The van der Waals surface area contributed by atoms with Crippen LogP contribution in [0.5, 0.6) is 5.75 Å². The normalized spacial score (nSPS) is 25.2. The van der Waals surface area contributed by atoms with E-state index in [9.17, 15) is 17.6 Å². The van der Waals surface area contributed by atoms with E-state index in [0.717, 1.165) is 24.9 Å². The van der Waals surface area contributed by atoms with Gasteiger partial charge in [0.25, 0.3) is 0 Å². The van der Waals surface area contributed by atoms with Crippen LogP contribution in [0.2, 0.25) is 0 Å². The first-order chi connectivity index (χ1) is 13.1. The summed E-state index contributed by atoms with van der Waals surface area (Å²) in [6.07, 6.45) is -3.37. The molecular weight excluding hydrogens is 406 g/mol. The quantitative estimate of drug-likeness (QED) is 0.660. The van der Waals surface area contributed by atoms with E-state index in [2.05, 4.69) is 29.6 Å². The Hall–Kier alpha value is -1.79. The summed E-state index contributed by atoms with van der Waals surface area (Å²) in [5.41, 5.74) is -0.910. The van der Waals surface area contributed by atoms with Crippen molar-refractivity contribution in [1.82, 2.24) is 5.32 Å². The van der Waals surface area contributed by atoms with E-state index in [-0.39, 0.29) is 23.9 Å². The van der Waals surface area contributed by atoms with E-state index in [1.165, 1.54) is 23.3 Å². The molecule has 29 heavy (non-hydrogen) atoms. The van der Waals surface area contributed by atoms with Gasteiger partial charge < -0.3 is 10.1 Å². The van der Waals surface area contributed by atoms with E-state index in [4.69, 9.17) is 4.74 Å². The summed E-state index contributed by atoms with van der Waals surface area (Å²) in [5.74, 6) is 0.359. The fourth-order valence-electron chi connectivity index (χ4n) is 4.44. The molecule has 2 aromatic rings. The highest BCUT2D eigenvalue weighted by molar-refractivity contribution is 5.85. The minimum Gasteiger partial charge on any atom is -0.492 e. The van der Waals surface area contributed by atoms with Crippen LogP contribution in [-0.2, 0) is 17.5 Å². The highest BCUT2D eigenvalue weighted by Gasteiger charge is 2.54. The van der Waals surface area contributed by atoms with Gasteiger partial charge in [0.15, 0.2) is 0 Å². The predicted molar refractivity (Wildman–Crippen MR) is 107 cm³/mol. The number of hydrogen-bond donors (Lipinski definition) is 1. The minimum absolute atomic E-state index is 0. The zero-order valence-electron chi connectivity index (χ0n) is 16.3. The van der Waals surface area contributed by atoms with Crippen molar-refractivity contribution in [2.75, 3.05) is 13.2 Å². The molecule has 2 heterocycles. The second-order valence-electron chi connectivity index (χ2n) is 8.10.